The van der Waals surface area contributed by atoms with Crippen molar-refractivity contribution in [1.29, 1.82) is 0 Å². The van der Waals surface area contributed by atoms with Gasteiger partial charge in [0, 0.05) is 25.2 Å². The van der Waals surface area contributed by atoms with E-state index in [4.69, 9.17) is 23.3 Å². The van der Waals surface area contributed by atoms with E-state index in [2.05, 4.69) is 13.8 Å². The fourth-order valence-corrected chi connectivity index (χ4v) is 7.74. The van der Waals surface area contributed by atoms with E-state index in [0.29, 0.717) is 43.1 Å². The number of allylic oxidation sites excluding steroid dienone is 2. The molecule has 0 bridgehead atoms. The van der Waals surface area contributed by atoms with Gasteiger partial charge in [0.25, 0.3) is 0 Å². The van der Waals surface area contributed by atoms with Crippen LogP contribution in [-0.4, -0.2) is 115 Å². The number of esters is 2. The topological polar surface area (TPSA) is 178 Å². The van der Waals surface area contributed by atoms with Crippen molar-refractivity contribution in [2.24, 2.45) is 5.92 Å². The lowest BCUT2D eigenvalue weighted by molar-refractivity contribution is -0.870. The molecule has 4 N–H and O–H groups in total. The van der Waals surface area contributed by atoms with E-state index in [9.17, 15) is 34.4 Å². The number of nitrogens with zero attached hydrogens (tertiary/aromatic N) is 1. The van der Waals surface area contributed by atoms with E-state index in [1.54, 1.807) is 12.2 Å². The van der Waals surface area contributed by atoms with Gasteiger partial charge in [-0.05, 0) is 32.1 Å². The molecule has 13 nitrogen and oxygen atoms in total. The number of phosphoric acid groups is 1. The largest absolute Gasteiger partial charge is 0.472 e. The van der Waals surface area contributed by atoms with Gasteiger partial charge in [0.15, 0.2) is 12.4 Å². The van der Waals surface area contributed by atoms with E-state index in [1.165, 1.54) is 70.6 Å². The fraction of sp³-hybridized carbons (Fsp3) is 0.870. The molecule has 0 spiro atoms. The van der Waals surface area contributed by atoms with E-state index in [0.717, 1.165) is 38.5 Å². The summed E-state index contributed by atoms with van der Waals surface area (Å²) in [6.07, 6.45) is 27.0. The van der Waals surface area contributed by atoms with Crippen LogP contribution in [-0.2, 0) is 37.4 Å². The maximum absolute atomic E-state index is 12.8. The van der Waals surface area contributed by atoms with Gasteiger partial charge in [-0.1, -0.05) is 147 Å². The Bertz CT molecular complexity index is 1190. The van der Waals surface area contributed by atoms with Gasteiger partial charge in [0.2, 0.25) is 0 Å². The van der Waals surface area contributed by atoms with Gasteiger partial charge in [-0.25, -0.2) is 4.57 Å². The van der Waals surface area contributed by atoms with Crippen molar-refractivity contribution in [2.45, 2.75) is 205 Å². The first kappa shape index (κ1) is 56.3. The quantitative estimate of drug-likeness (QED) is 0.0152. The van der Waals surface area contributed by atoms with Crippen LogP contribution in [0.15, 0.2) is 24.3 Å². The van der Waals surface area contributed by atoms with Crippen molar-refractivity contribution < 1.29 is 62.1 Å². The Kier molecular flexibility index (Phi) is 32.7. The van der Waals surface area contributed by atoms with E-state index < -0.39 is 57.1 Å². The summed E-state index contributed by atoms with van der Waals surface area (Å²) in [5.41, 5.74) is 0. The van der Waals surface area contributed by atoms with Crippen molar-refractivity contribution in [3.05, 3.63) is 24.3 Å². The highest BCUT2D eigenvalue weighted by molar-refractivity contribution is 7.47. The van der Waals surface area contributed by atoms with Crippen molar-refractivity contribution in [3.8, 4) is 0 Å². The summed E-state index contributed by atoms with van der Waals surface area (Å²) in [5, 5.41) is 31.0. The van der Waals surface area contributed by atoms with Crippen molar-refractivity contribution >= 4 is 19.8 Å². The molecule has 14 heteroatoms. The van der Waals surface area contributed by atoms with Crippen LogP contribution in [0.5, 0.6) is 0 Å². The highest BCUT2D eigenvalue weighted by Gasteiger charge is 2.35. The van der Waals surface area contributed by atoms with Crippen molar-refractivity contribution in [1.82, 2.24) is 0 Å². The molecule has 1 aliphatic heterocycles. The first-order valence-electron chi connectivity index (χ1n) is 23.5. The minimum absolute atomic E-state index is 0.0161. The SMILES string of the molecule is CCCCCCCCCCCCCCCCCC(=O)OC[C@H](COP(=O)(O)OCC[N+](C)(C)C)OC(=O)CCC/C=C\C[C@H]1[C@@H](O)CC(O)O[C@@H]1/C=C/[C@@H](O)CCCCC. The molecule has 0 aromatic rings. The minimum atomic E-state index is -4.45. The first-order valence-corrected chi connectivity index (χ1v) is 25.0. The van der Waals surface area contributed by atoms with Crippen molar-refractivity contribution in [2.75, 3.05) is 47.5 Å². The fourth-order valence-electron chi connectivity index (χ4n) is 6.99. The number of carbonyl (C=O) groups is 2. The third kappa shape index (κ3) is 32.1. The normalized spacial score (nSPS) is 20.7. The smallest absolute Gasteiger partial charge is 0.462 e. The predicted molar refractivity (Wildman–Crippen MR) is 237 cm³/mol. The lowest BCUT2D eigenvalue weighted by Crippen LogP contribution is -2.43. The second-order valence-corrected chi connectivity index (χ2v) is 19.1. The van der Waals surface area contributed by atoms with Gasteiger partial charge in [0.1, 0.15) is 19.8 Å². The van der Waals surface area contributed by atoms with Crippen LogP contribution in [0, 0.1) is 5.92 Å². The highest BCUT2D eigenvalue weighted by atomic mass is 31.2. The Labute approximate surface area is 363 Å². The highest BCUT2D eigenvalue weighted by Crippen LogP contribution is 2.43. The Morgan fingerprint density at radius 1 is 0.767 bits per heavy atom. The zero-order valence-electron chi connectivity index (χ0n) is 38.2. The van der Waals surface area contributed by atoms with Gasteiger partial charge in [-0.2, -0.15) is 0 Å². The second kappa shape index (κ2) is 34.8. The maximum atomic E-state index is 12.8. The lowest BCUT2D eigenvalue weighted by Gasteiger charge is -2.36. The number of aliphatic hydroxyl groups excluding tert-OH is 3. The van der Waals surface area contributed by atoms with E-state index in [1.807, 2.05) is 33.3 Å². The Morgan fingerprint density at radius 2 is 1.33 bits per heavy atom. The molecule has 0 radical (unpaired) electrons. The van der Waals surface area contributed by atoms with Crippen LogP contribution < -0.4 is 0 Å². The average Bonchev–Trinajstić information content (AvgIpc) is 3.18. The molecule has 0 amide bonds. The molecule has 0 aromatic carbocycles. The Morgan fingerprint density at radius 3 is 1.93 bits per heavy atom. The molecular formula is C46H87NO12P+. The number of rotatable bonds is 38. The molecule has 60 heavy (non-hydrogen) atoms. The average molecular weight is 877 g/mol. The summed E-state index contributed by atoms with van der Waals surface area (Å²) in [7, 11) is 1.31. The van der Waals surface area contributed by atoms with Gasteiger partial charge >= 0.3 is 19.8 Å². The number of quaternary nitrogens is 1. The molecule has 0 aliphatic carbocycles. The van der Waals surface area contributed by atoms with Crippen LogP contribution >= 0.6 is 7.82 Å². The number of phosphoric ester groups is 1. The minimum Gasteiger partial charge on any atom is -0.462 e. The third-order valence-electron chi connectivity index (χ3n) is 10.8. The summed E-state index contributed by atoms with van der Waals surface area (Å²) in [5.74, 6) is -1.30. The number of unbranched alkanes of at least 4 members (excludes halogenated alkanes) is 17. The summed E-state index contributed by atoms with van der Waals surface area (Å²) < 4.78 is 40.0. The first-order chi connectivity index (χ1) is 28.7. The molecule has 2 unspecified atom stereocenters. The number of ether oxygens (including phenoxy) is 3. The second-order valence-electron chi connectivity index (χ2n) is 17.7. The van der Waals surface area contributed by atoms with Crippen LogP contribution in [0.2, 0.25) is 0 Å². The maximum Gasteiger partial charge on any atom is 0.472 e. The summed E-state index contributed by atoms with van der Waals surface area (Å²) in [4.78, 5) is 35.6. The molecule has 1 fully saturated rings. The van der Waals surface area contributed by atoms with Crippen LogP contribution in [0.1, 0.15) is 174 Å². The molecule has 1 saturated heterocycles. The number of carbonyl (C=O) groups excluding carboxylic acids is 2. The lowest BCUT2D eigenvalue weighted by atomic mass is 9.87. The Balaban J connectivity index is 2.52. The summed E-state index contributed by atoms with van der Waals surface area (Å²) in [6, 6.07) is 0. The monoisotopic (exact) mass is 877 g/mol. The van der Waals surface area contributed by atoms with E-state index in [-0.39, 0.29) is 38.4 Å². The van der Waals surface area contributed by atoms with Gasteiger partial charge < -0.3 is 38.9 Å². The third-order valence-corrected chi connectivity index (χ3v) is 11.8. The molecule has 7 atom stereocenters. The summed E-state index contributed by atoms with van der Waals surface area (Å²) in [6.45, 7) is 4.01. The molecule has 0 saturated carbocycles. The van der Waals surface area contributed by atoms with Gasteiger partial charge in [0.05, 0.1) is 46.1 Å². The number of likely N-dealkylation sites (N-methyl/N-ethyl adjacent to an activating group) is 1. The van der Waals surface area contributed by atoms with Crippen LogP contribution in [0.3, 0.4) is 0 Å². The molecular weight excluding hydrogens is 789 g/mol. The molecule has 1 heterocycles. The molecule has 1 aliphatic rings. The predicted octanol–water partition coefficient (Wildman–Crippen LogP) is 9.24. The Hall–Kier alpha value is -1.67. The zero-order valence-corrected chi connectivity index (χ0v) is 39.1. The van der Waals surface area contributed by atoms with Crippen LogP contribution in [0.4, 0.5) is 0 Å². The molecule has 0 aromatic heterocycles. The van der Waals surface area contributed by atoms with E-state index >= 15 is 0 Å². The summed E-state index contributed by atoms with van der Waals surface area (Å²) >= 11 is 0. The van der Waals surface area contributed by atoms with Crippen LogP contribution in [0.25, 0.3) is 0 Å². The number of hydrogen-bond donors (Lipinski definition) is 4. The molecule has 352 valence electrons. The zero-order chi connectivity index (χ0) is 44.5. The van der Waals surface area contributed by atoms with Gasteiger partial charge in [-0.15, -0.1) is 0 Å². The van der Waals surface area contributed by atoms with Crippen molar-refractivity contribution in [3.63, 3.8) is 0 Å². The molecule has 1 rings (SSSR count). The number of hydrogen-bond acceptors (Lipinski definition) is 11. The number of aliphatic hydroxyl groups is 3. The van der Waals surface area contributed by atoms with Gasteiger partial charge in [-0.3, -0.25) is 18.6 Å². The standard InChI is InChI=1S/C46H86NO12P/c1-6-8-10-11-12-13-14-15-16-17-18-19-20-21-26-30-44(50)55-37-40(38-57-60(53,54)56-35-34-47(3,4)5)58-45(51)31-27-23-22-25-29-41-42(49)36-46(52)59-43(41)33-32-39(48)28-24-9-7-2/h22,25,32-33,39-43,46,48-49,52H,6-21,23-24,26-31,34-38H2,1-5H3/p+1/b25-22-,33-32+/t39-,40+,41-,42-,43+,46?/m0/s1.